The summed E-state index contributed by atoms with van der Waals surface area (Å²) in [5.74, 6) is -0.101. The number of ether oxygens (including phenoxy) is 1. The normalized spacial score (nSPS) is 17.9. The summed E-state index contributed by atoms with van der Waals surface area (Å²) in [5, 5.41) is 5.76. The molecule has 0 aromatic heterocycles. The molecule has 1 aliphatic heterocycles. The topological polar surface area (TPSA) is 87.7 Å². The largest absolute Gasteiger partial charge is 0.438 e. The molecule has 0 aliphatic carbocycles. The van der Waals surface area contributed by atoms with Crippen molar-refractivity contribution in [1.82, 2.24) is 10.2 Å². The predicted octanol–water partition coefficient (Wildman–Crippen LogP) is 4.18. The maximum absolute atomic E-state index is 13.2. The van der Waals surface area contributed by atoms with E-state index < -0.39 is 18.2 Å². The first-order valence-electron chi connectivity index (χ1n) is 11.0. The fourth-order valence-corrected chi connectivity index (χ4v) is 3.55. The first-order chi connectivity index (χ1) is 15.3. The molecule has 2 N–H and O–H groups in total. The Morgan fingerprint density at radius 3 is 2.50 bits per heavy atom. The molecular weight excluding hydrogens is 406 g/mol. The summed E-state index contributed by atoms with van der Waals surface area (Å²) in [6.45, 7) is 8.56. The van der Waals surface area contributed by atoms with Crippen LogP contribution in [0.2, 0.25) is 0 Å². The van der Waals surface area contributed by atoms with Gasteiger partial charge in [-0.3, -0.25) is 14.5 Å². The van der Waals surface area contributed by atoms with Crippen LogP contribution in [0.4, 0.5) is 10.5 Å². The van der Waals surface area contributed by atoms with E-state index in [0.29, 0.717) is 24.2 Å². The van der Waals surface area contributed by atoms with Gasteiger partial charge in [0.1, 0.15) is 0 Å². The minimum atomic E-state index is -0.820. The van der Waals surface area contributed by atoms with Gasteiger partial charge in [0.15, 0.2) is 12.1 Å². The number of aryl methyl sites for hydroxylation is 1. The van der Waals surface area contributed by atoms with Crippen LogP contribution in [-0.2, 0) is 20.9 Å². The molecule has 170 valence electrons. The lowest BCUT2D eigenvalue weighted by Gasteiger charge is -2.25. The third-order valence-corrected chi connectivity index (χ3v) is 5.33. The maximum atomic E-state index is 13.2. The quantitative estimate of drug-likeness (QED) is 0.649. The zero-order valence-corrected chi connectivity index (χ0v) is 19.1. The van der Waals surface area contributed by atoms with Crippen molar-refractivity contribution >= 4 is 23.6 Å². The average Bonchev–Trinajstić information content (AvgIpc) is 3.09. The van der Waals surface area contributed by atoms with E-state index in [1.54, 1.807) is 31.2 Å². The van der Waals surface area contributed by atoms with Crippen LogP contribution in [0.25, 0.3) is 0 Å². The highest BCUT2D eigenvalue weighted by Gasteiger charge is 2.47. The first kappa shape index (κ1) is 23.3. The van der Waals surface area contributed by atoms with Crippen LogP contribution in [-0.4, -0.2) is 35.4 Å². The Kier molecular flexibility index (Phi) is 7.51. The molecule has 32 heavy (non-hydrogen) atoms. The van der Waals surface area contributed by atoms with E-state index in [1.165, 1.54) is 4.90 Å². The summed E-state index contributed by atoms with van der Waals surface area (Å²) < 4.78 is 5.70. The summed E-state index contributed by atoms with van der Waals surface area (Å²) in [7, 11) is 0. The highest BCUT2D eigenvalue weighted by molar-refractivity contribution is 5.91. The van der Waals surface area contributed by atoms with Gasteiger partial charge in [0.25, 0.3) is 0 Å². The SMILES string of the molecule is CCC(=O)Nc1cccc([C@@H]2OC(=O)N(Cc3ccc(C)cc3)[C@H]2C(=O)NCC(C)C)c1. The highest BCUT2D eigenvalue weighted by Crippen LogP contribution is 2.35. The Morgan fingerprint density at radius 2 is 1.84 bits per heavy atom. The van der Waals surface area contributed by atoms with Crippen LogP contribution in [0, 0.1) is 12.8 Å². The summed E-state index contributed by atoms with van der Waals surface area (Å²) >= 11 is 0. The van der Waals surface area contributed by atoms with E-state index >= 15 is 0 Å². The second kappa shape index (κ2) is 10.3. The number of rotatable bonds is 8. The van der Waals surface area contributed by atoms with Gasteiger partial charge >= 0.3 is 6.09 Å². The average molecular weight is 438 g/mol. The molecule has 0 spiro atoms. The van der Waals surface area contributed by atoms with Crippen LogP contribution in [0.15, 0.2) is 48.5 Å². The number of carbonyl (C=O) groups excluding carboxylic acids is 3. The van der Waals surface area contributed by atoms with Crippen LogP contribution in [0.3, 0.4) is 0 Å². The second-order valence-electron chi connectivity index (χ2n) is 8.53. The van der Waals surface area contributed by atoms with Gasteiger partial charge in [-0.2, -0.15) is 0 Å². The lowest BCUT2D eigenvalue weighted by atomic mass is 9.99. The highest BCUT2D eigenvalue weighted by atomic mass is 16.6. The second-order valence-corrected chi connectivity index (χ2v) is 8.53. The van der Waals surface area contributed by atoms with E-state index in [1.807, 2.05) is 45.0 Å². The van der Waals surface area contributed by atoms with Gasteiger partial charge < -0.3 is 15.4 Å². The van der Waals surface area contributed by atoms with Crippen molar-refractivity contribution < 1.29 is 19.1 Å². The zero-order chi connectivity index (χ0) is 23.3. The lowest BCUT2D eigenvalue weighted by Crippen LogP contribution is -2.47. The van der Waals surface area contributed by atoms with Crippen molar-refractivity contribution in [1.29, 1.82) is 0 Å². The molecule has 2 atom stereocenters. The molecule has 2 aromatic rings. The summed E-state index contributed by atoms with van der Waals surface area (Å²) in [5.41, 5.74) is 3.29. The number of amides is 3. The zero-order valence-electron chi connectivity index (χ0n) is 19.1. The number of nitrogens with zero attached hydrogens (tertiary/aromatic N) is 1. The van der Waals surface area contributed by atoms with Crippen molar-refractivity contribution in [2.24, 2.45) is 5.92 Å². The molecule has 7 nitrogen and oxygen atoms in total. The van der Waals surface area contributed by atoms with Crippen molar-refractivity contribution in [2.45, 2.75) is 52.8 Å². The van der Waals surface area contributed by atoms with E-state index in [0.717, 1.165) is 11.1 Å². The fraction of sp³-hybridized carbons (Fsp3) is 0.400. The minimum absolute atomic E-state index is 0.113. The van der Waals surface area contributed by atoms with Gasteiger partial charge in [-0.25, -0.2) is 4.79 Å². The van der Waals surface area contributed by atoms with Crippen molar-refractivity contribution in [3.63, 3.8) is 0 Å². The first-order valence-corrected chi connectivity index (χ1v) is 11.0. The summed E-state index contributed by atoms with van der Waals surface area (Å²) in [4.78, 5) is 39.3. The number of benzene rings is 2. The maximum Gasteiger partial charge on any atom is 0.411 e. The monoisotopic (exact) mass is 437 g/mol. The van der Waals surface area contributed by atoms with E-state index in [9.17, 15) is 14.4 Å². The minimum Gasteiger partial charge on any atom is -0.438 e. The van der Waals surface area contributed by atoms with Crippen LogP contribution in [0.5, 0.6) is 0 Å². The Morgan fingerprint density at radius 1 is 1.12 bits per heavy atom. The van der Waals surface area contributed by atoms with Crippen LogP contribution in [0.1, 0.15) is 50.0 Å². The van der Waals surface area contributed by atoms with E-state index in [2.05, 4.69) is 10.6 Å². The van der Waals surface area contributed by atoms with Crippen molar-refractivity contribution in [3.8, 4) is 0 Å². The summed E-state index contributed by atoms with van der Waals surface area (Å²) in [6, 6.07) is 14.1. The van der Waals surface area contributed by atoms with E-state index in [4.69, 9.17) is 4.74 Å². The molecule has 2 aromatic carbocycles. The number of nitrogens with one attached hydrogen (secondary N) is 2. The Balaban J connectivity index is 1.90. The third kappa shape index (κ3) is 5.66. The molecule has 3 rings (SSSR count). The molecule has 0 saturated carbocycles. The Labute approximate surface area is 189 Å². The summed E-state index contributed by atoms with van der Waals surface area (Å²) in [6.07, 6.45) is -0.963. The number of anilines is 1. The third-order valence-electron chi connectivity index (χ3n) is 5.33. The van der Waals surface area contributed by atoms with Gasteiger partial charge in [0.05, 0.1) is 6.54 Å². The molecule has 1 aliphatic rings. The molecule has 0 radical (unpaired) electrons. The van der Waals surface area contributed by atoms with Crippen LogP contribution >= 0.6 is 0 Å². The molecule has 1 saturated heterocycles. The van der Waals surface area contributed by atoms with Gasteiger partial charge in [0, 0.05) is 18.7 Å². The van der Waals surface area contributed by atoms with Crippen LogP contribution < -0.4 is 10.6 Å². The van der Waals surface area contributed by atoms with Gasteiger partial charge in [0.2, 0.25) is 11.8 Å². The number of hydrogen-bond acceptors (Lipinski definition) is 4. The molecule has 7 heteroatoms. The number of hydrogen-bond donors (Lipinski definition) is 2. The molecule has 3 amide bonds. The van der Waals surface area contributed by atoms with Crippen molar-refractivity contribution in [2.75, 3.05) is 11.9 Å². The number of cyclic esters (lactones) is 1. The molecular formula is C25H31N3O4. The standard InChI is InChI=1S/C25H31N3O4/c1-5-21(29)27-20-8-6-7-19(13-20)23-22(24(30)26-14-16(2)3)28(25(31)32-23)15-18-11-9-17(4)10-12-18/h6-13,16,22-23H,5,14-15H2,1-4H3,(H,26,30)(H,27,29)/t22-,23+/m1/s1. The smallest absolute Gasteiger partial charge is 0.411 e. The molecule has 0 unspecified atom stereocenters. The van der Waals surface area contributed by atoms with E-state index in [-0.39, 0.29) is 24.3 Å². The Bertz CT molecular complexity index is 971. The fourth-order valence-electron chi connectivity index (χ4n) is 3.55. The number of carbonyl (C=O) groups is 3. The molecule has 1 fully saturated rings. The lowest BCUT2D eigenvalue weighted by molar-refractivity contribution is -0.126. The van der Waals surface area contributed by atoms with Crippen molar-refractivity contribution in [3.05, 3.63) is 65.2 Å². The van der Waals surface area contributed by atoms with Gasteiger partial charge in [-0.05, 0) is 36.1 Å². The Hall–Kier alpha value is -3.35. The molecule has 1 heterocycles. The van der Waals surface area contributed by atoms with Gasteiger partial charge in [-0.1, -0.05) is 62.7 Å². The van der Waals surface area contributed by atoms with Gasteiger partial charge in [-0.15, -0.1) is 0 Å². The molecule has 0 bridgehead atoms. The predicted molar refractivity (Wildman–Crippen MR) is 123 cm³/mol.